The Kier molecular flexibility index (Phi) is 8.29. The number of hydrogen-bond donors (Lipinski definition) is 0. The lowest BCUT2D eigenvalue weighted by Crippen LogP contribution is -2.40. The highest BCUT2D eigenvalue weighted by atomic mass is 32.2. The van der Waals surface area contributed by atoms with Gasteiger partial charge in [-0.15, -0.1) is 0 Å². The average molecular weight is 348 g/mol. The third-order valence-electron chi connectivity index (χ3n) is 3.59. The number of benzene rings is 1. The first-order valence-corrected chi connectivity index (χ1v) is 8.72. The number of hydrogen-bond acceptors (Lipinski definition) is 5. The van der Waals surface area contributed by atoms with Gasteiger partial charge in [-0.05, 0) is 39.3 Å². The van der Waals surface area contributed by atoms with Crippen molar-refractivity contribution in [1.29, 1.82) is 0 Å². The molecule has 130 valence electrons. The Morgan fingerprint density at radius 2 is 2.00 bits per heavy atom. The SMILES string of the molecule is C=C/C(=C\C=C(/C)C(C(C)Oc1ccccc1)N(C)SC)[N+](=O)[O-]. The molecule has 6 heteroatoms. The molecule has 2 atom stereocenters. The molecule has 0 aromatic heterocycles. The number of para-hydroxylation sites is 1. The molecule has 0 radical (unpaired) electrons. The fourth-order valence-corrected chi connectivity index (χ4v) is 2.93. The topological polar surface area (TPSA) is 55.6 Å². The minimum atomic E-state index is -0.450. The maximum atomic E-state index is 10.9. The smallest absolute Gasteiger partial charge is 0.268 e. The number of allylic oxidation sites excluding steroid dienone is 3. The van der Waals surface area contributed by atoms with Crippen LogP contribution in [0.15, 0.2) is 66.4 Å². The predicted molar refractivity (Wildman–Crippen MR) is 101 cm³/mol. The third-order valence-corrected chi connectivity index (χ3v) is 4.40. The molecule has 1 aromatic rings. The molecule has 0 spiro atoms. The van der Waals surface area contributed by atoms with Crippen LogP contribution in [0.4, 0.5) is 0 Å². The summed E-state index contributed by atoms with van der Waals surface area (Å²) in [6, 6.07) is 9.58. The largest absolute Gasteiger partial charge is 0.489 e. The summed E-state index contributed by atoms with van der Waals surface area (Å²) >= 11 is 1.58. The molecule has 0 bridgehead atoms. The number of rotatable bonds is 9. The lowest BCUT2D eigenvalue weighted by atomic mass is 10.0. The highest BCUT2D eigenvalue weighted by molar-refractivity contribution is 7.96. The van der Waals surface area contributed by atoms with Crippen LogP contribution in [-0.4, -0.2) is 34.7 Å². The standard InChI is InChI=1S/C18H24N2O3S/c1-6-16(20(21)22)13-12-14(2)18(19(4)24-5)15(3)23-17-10-8-7-9-11-17/h6-13,15,18H,1H2,2-5H3/b14-12+,16-13+. The molecule has 0 aliphatic carbocycles. The Hall–Kier alpha value is -2.05. The molecule has 0 amide bonds. The molecule has 5 nitrogen and oxygen atoms in total. The van der Waals surface area contributed by atoms with Gasteiger partial charge >= 0.3 is 0 Å². The quantitative estimate of drug-likeness (QED) is 0.288. The zero-order valence-corrected chi connectivity index (χ0v) is 15.3. The summed E-state index contributed by atoms with van der Waals surface area (Å²) in [6.07, 6.45) is 6.32. The fraction of sp³-hybridized carbons (Fsp3) is 0.333. The highest BCUT2D eigenvalue weighted by Crippen LogP contribution is 2.23. The van der Waals surface area contributed by atoms with Crippen molar-refractivity contribution >= 4 is 11.9 Å². The van der Waals surface area contributed by atoms with Crippen molar-refractivity contribution in [2.24, 2.45) is 0 Å². The molecule has 0 heterocycles. The second kappa shape index (κ2) is 9.95. The molecular weight excluding hydrogens is 324 g/mol. The van der Waals surface area contributed by atoms with Crippen molar-refractivity contribution in [3.63, 3.8) is 0 Å². The van der Waals surface area contributed by atoms with Crippen LogP contribution in [-0.2, 0) is 0 Å². The molecule has 0 saturated heterocycles. The Balaban J connectivity index is 3.03. The third kappa shape index (κ3) is 5.86. The number of ether oxygens (including phenoxy) is 1. The molecule has 2 unspecified atom stereocenters. The van der Waals surface area contributed by atoms with Gasteiger partial charge in [0.05, 0.1) is 11.0 Å². The number of nitro groups is 1. The van der Waals surface area contributed by atoms with E-state index in [9.17, 15) is 10.1 Å². The van der Waals surface area contributed by atoms with Gasteiger partial charge in [0.2, 0.25) is 0 Å². The Bertz CT molecular complexity index is 614. The molecule has 24 heavy (non-hydrogen) atoms. The molecule has 0 fully saturated rings. The van der Waals surface area contributed by atoms with Crippen LogP contribution < -0.4 is 4.74 Å². The van der Waals surface area contributed by atoms with E-state index >= 15 is 0 Å². The van der Waals surface area contributed by atoms with E-state index in [2.05, 4.69) is 10.9 Å². The minimum Gasteiger partial charge on any atom is -0.489 e. The molecule has 0 aliphatic heterocycles. The van der Waals surface area contributed by atoms with Crippen molar-refractivity contribution in [1.82, 2.24) is 4.31 Å². The Labute approximate surface area is 148 Å². The summed E-state index contributed by atoms with van der Waals surface area (Å²) in [5.74, 6) is 0.796. The molecule has 1 rings (SSSR count). The molecule has 0 aliphatic rings. The zero-order chi connectivity index (χ0) is 18.1. The molecular formula is C18H24N2O3S. The Morgan fingerprint density at radius 3 is 2.50 bits per heavy atom. The van der Waals surface area contributed by atoms with Gasteiger partial charge in [0.25, 0.3) is 5.70 Å². The monoisotopic (exact) mass is 348 g/mol. The first kappa shape index (κ1) is 20.0. The minimum absolute atomic E-state index is 0.0310. The van der Waals surface area contributed by atoms with Crippen molar-refractivity contribution in [3.8, 4) is 5.75 Å². The van der Waals surface area contributed by atoms with Gasteiger partial charge in [-0.2, -0.15) is 0 Å². The molecule has 0 N–H and O–H groups in total. The van der Waals surface area contributed by atoms with Gasteiger partial charge < -0.3 is 4.74 Å². The van der Waals surface area contributed by atoms with E-state index in [4.69, 9.17) is 4.74 Å². The number of nitrogens with zero attached hydrogens (tertiary/aromatic N) is 2. The average Bonchev–Trinajstić information content (AvgIpc) is 2.55. The van der Waals surface area contributed by atoms with Gasteiger partial charge in [0.1, 0.15) is 11.9 Å². The maximum absolute atomic E-state index is 10.9. The van der Waals surface area contributed by atoms with Gasteiger partial charge in [-0.3, -0.25) is 10.1 Å². The lowest BCUT2D eigenvalue weighted by molar-refractivity contribution is -0.418. The van der Waals surface area contributed by atoms with Gasteiger partial charge in [0, 0.05) is 12.2 Å². The summed E-state index contributed by atoms with van der Waals surface area (Å²) in [6.45, 7) is 7.41. The second-order valence-electron chi connectivity index (χ2n) is 5.27. The molecule has 1 aromatic carbocycles. The summed E-state index contributed by atoms with van der Waals surface area (Å²) in [4.78, 5) is 10.4. The highest BCUT2D eigenvalue weighted by Gasteiger charge is 2.25. The van der Waals surface area contributed by atoms with E-state index in [0.29, 0.717) is 0 Å². The van der Waals surface area contributed by atoms with E-state index in [1.165, 1.54) is 12.2 Å². The summed E-state index contributed by atoms with van der Waals surface area (Å²) in [7, 11) is 1.98. The van der Waals surface area contributed by atoms with Gasteiger partial charge in [-0.1, -0.05) is 48.4 Å². The van der Waals surface area contributed by atoms with E-state index in [-0.39, 0.29) is 17.8 Å². The van der Waals surface area contributed by atoms with Crippen LogP contribution in [0.1, 0.15) is 13.8 Å². The first-order valence-electron chi connectivity index (χ1n) is 7.54. The van der Waals surface area contributed by atoms with Crippen LogP contribution in [0.2, 0.25) is 0 Å². The zero-order valence-electron chi connectivity index (χ0n) is 14.5. The first-order chi connectivity index (χ1) is 11.4. The fourth-order valence-electron chi connectivity index (χ4n) is 2.36. The van der Waals surface area contributed by atoms with E-state index in [1.807, 2.05) is 57.5 Å². The summed E-state index contributed by atoms with van der Waals surface area (Å²) in [5, 5.41) is 10.9. The lowest BCUT2D eigenvalue weighted by Gasteiger charge is -2.32. The Morgan fingerprint density at radius 1 is 1.38 bits per heavy atom. The normalized spacial score (nSPS) is 15.0. The predicted octanol–water partition coefficient (Wildman–Crippen LogP) is 4.33. The van der Waals surface area contributed by atoms with Crippen LogP contribution in [0.25, 0.3) is 0 Å². The van der Waals surface area contributed by atoms with E-state index in [0.717, 1.165) is 11.3 Å². The van der Waals surface area contributed by atoms with Gasteiger partial charge in [0.15, 0.2) is 0 Å². The molecule has 0 saturated carbocycles. The maximum Gasteiger partial charge on any atom is 0.268 e. The van der Waals surface area contributed by atoms with Crippen molar-refractivity contribution in [2.45, 2.75) is 26.0 Å². The number of likely N-dealkylation sites (N-methyl/N-ethyl adjacent to an activating group) is 1. The van der Waals surface area contributed by atoms with Crippen LogP contribution in [0, 0.1) is 10.1 Å². The van der Waals surface area contributed by atoms with E-state index < -0.39 is 4.92 Å². The summed E-state index contributed by atoms with van der Waals surface area (Å²) in [5.41, 5.74) is 0.938. The van der Waals surface area contributed by atoms with Crippen LogP contribution >= 0.6 is 11.9 Å². The van der Waals surface area contributed by atoms with E-state index in [1.54, 1.807) is 18.0 Å². The van der Waals surface area contributed by atoms with Crippen molar-refractivity contribution in [2.75, 3.05) is 13.3 Å². The van der Waals surface area contributed by atoms with Crippen molar-refractivity contribution < 1.29 is 9.66 Å². The van der Waals surface area contributed by atoms with Crippen LogP contribution in [0.5, 0.6) is 5.75 Å². The van der Waals surface area contributed by atoms with Gasteiger partial charge in [-0.25, -0.2) is 4.31 Å². The second-order valence-corrected chi connectivity index (χ2v) is 6.21. The summed E-state index contributed by atoms with van der Waals surface area (Å²) < 4.78 is 8.11. The van der Waals surface area contributed by atoms with Crippen molar-refractivity contribution in [3.05, 3.63) is 76.5 Å². The van der Waals surface area contributed by atoms with Crippen LogP contribution in [0.3, 0.4) is 0 Å².